The molecule has 0 aromatic heterocycles. The van der Waals surface area contributed by atoms with Gasteiger partial charge in [-0.2, -0.15) is 26.3 Å². The average Bonchev–Trinajstić information content (AvgIpc) is 3.39. The van der Waals surface area contributed by atoms with Crippen molar-refractivity contribution < 1.29 is 40.7 Å². The minimum atomic E-state index is -4.93. The number of fused-ring (bicyclic) bond motifs is 1. The van der Waals surface area contributed by atoms with Crippen LogP contribution in [0.5, 0.6) is 0 Å². The topological polar surface area (TPSA) is 49.9 Å². The fourth-order valence-electron chi connectivity index (χ4n) is 5.25. The molecule has 0 spiro atoms. The lowest BCUT2D eigenvalue weighted by Gasteiger charge is -2.36. The molecular formula is C23H26F6N2O3. The third kappa shape index (κ3) is 5.04. The van der Waals surface area contributed by atoms with Gasteiger partial charge in [-0.3, -0.25) is 9.59 Å². The van der Waals surface area contributed by atoms with Gasteiger partial charge in [-0.25, -0.2) is 0 Å². The van der Waals surface area contributed by atoms with Gasteiger partial charge in [0.1, 0.15) is 0 Å². The number of rotatable bonds is 4. The number of amides is 2. The highest BCUT2D eigenvalue weighted by molar-refractivity contribution is 5.87. The van der Waals surface area contributed by atoms with E-state index in [1.165, 1.54) is 0 Å². The van der Waals surface area contributed by atoms with E-state index < -0.39 is 42.1 Å². The molecular weight excluding hydrogens is 466 g/mol. The monoisotopic (exact) mass is 492 g/mol. The van der Waals surface area contributed by atoms with Crippen LogP contribution in [0.4, 0.5) is 26.3 Å². The molecule has 11 heteroatoms. The number of carbonyl (C=O) groups is 2. The molecule has 5 nitrogen and oxygen atoms in total. The summed E-state index contributed by atoms with van der Waals surface area (Å²) >= 11 is 0. The molecule has 4 unspecified atom stereocenters. The number of halogens is 6. The number of alkyl halides is 6. The van der Waals surface area contributed by atoms with Gasteiger partial charge in [0.05, 0.1) is 23.8 Å². The summed E-state index contributed by atoms with van der Waals surface area (Å²) in [6, 6.07) is 1.13. The molecule has 3 aliphatic rings. The van der Waals surface area contributed by atoms with Gasteiger partial charge in [-0.1, -0.05) is 6.92 Å². The molecule has 4 rings (SSSR count). The zero-order chi connectivity index (χ0) is 24.8. The summed E-state index contributed by atoms with van der Waals surface area (Å²) in [5.74, 6) is -0.826. The van der Waals surface area contributed by atoms with E-state index in [-0.39, 0.29) is 48.4 Å². The lowest BCUT2D eigenvalue weighted by atomic mass is 9.85. The number of benzene rings is 1. The minimum absolute atomic E-state index is 0.0225. The number of hydrogen-bond acceptors (Lipinski definition) is 3. The van der Waals surface area contributed by atoms with Gasteiger partial charge >= 0.3 is 12.4 Å². The van der Waals surface area contributed by atoms with E-state index in [9.17, 15) is 35.9 Å². The largest absolute Gasteiger partial charge is 0.416 e. The molecule has 3 aliphatic heterocycles. The molecule has 0 radical (unpaired) electrons. The molecule has 0 saturated carbocycles. The van der Waals surface area contributed by atoms with Crippen LogP contribution in [0.1, 0.15) is 49.3 Å². The van der Waals surface area contributed by atoms with Gasteiger partial charge in [0.15, 0.2) is 0 Å². The van der Waals surface area contributed by atoms with Crippen LogP contribution in [0.3, 0.4) is 0 Å². The summed E-state index contributed by atoms with van der Waals surface area (Å²) in [5, 5.41) is 0. The Kier molecular flexibility index (Phi) is 6.61. The van der Waals surface area contributed by atoms with Crippen LogP contribution in [0, 0.1) is 11.8 Å². The molecule has 3 saturated heterocycles. The first kappa shape index (κ1) is 24.8. The lowest BCUT2D eigenvalue weighted by Crippen LogP contribution is -2.48. The second kappa shape index (κ2) is 9.05. The molecule has 0 N–H and O–H groups in total. The quantitative estimate of drug-likeness (QED) is 0.583. The summed E-state index contributed by atoms with van der Waals surface area (Å²) in [4.78, 5) is 29.0. The van der Waals surface area contributed by atoms with Crippen molar-refractivity contribution in [3.8, 4) is 0 Å². The average molecular weight is 492 g/mol. The Hall–Kier alpha value is -2.30. The van der Waals surface area contributed by atoms with E-state index in [4.69, 9.17) is 4.74 Å². The Morgan fingerprint density at radius 1 is 1.03 bits per heavy atom. The lowest BCUT2D eigenvalue weighted by molar-refractivity contribution is -0.146. The normalized spacial score (nSPS) is 27.9. The highest BCUT2D eigenvalue weighted by Crippen LogP contribution is 2.39. The van der Waals surface area contributed by atoms with Crippen LogP contribution in [0.2, 0.25) is 0 Å². The summed E-state index contributed by atoms with van der Waals surface area (Å²) in [6.07, 6.45) is -7.95. The maximum atomic E-state index is 13.1. The van der Waals surface area contributed by atoms with Crippen LogP contribution >= 0.6 is 0 Å². The Morgan fingerprint density at radius 3 is 2.18 bits per heavy atom. The van der Waals surface area contributed by atoms with E-state index in [1.54, 1.807) is 9.80 Å². The van der Waals surface area contributed by atoms with Crippen molar-refractivity contribution in [2.24, 2.45) is 11.8 Å². The van der Waals surface area contributed by atoms with Crippen molar-refractivity contribution in [1.29, 1.82) is 0 Å². The maximum Gasteiger partial charge on any atom is 0.416 e. The first-order valence-electron chi connectivity index (χ1n) is 11.3. The molecule has 3 fully saturated rings. The van der Waals surface area contributed by atoms with Gasteiger partial charge in [0.2, 0.25) is 11.8 Å². The van der Waals surface area contributed by atoms with Gasteiger partial charge in [0, 0.05) is 43.9 Å². The Morgan fingerprint density at radius 2 is 1.62 bits per heavy atom. The highest BCUT2D eigenvalue weighted by Gasteiger charge is 2.48. The van der Waals surface area contributed by atoms with E-state index in [2.05, 4.69) is 0 Å². The predicted octanol–water partition coefficient (Wildman–Crippen LogP) is 4.49. The van der Waals surface area contributed by atoms with Crippen molar-refractivity contribution in [2.45, 2.75) is 63.7 Å². The summed E-state index contributed by atoms with van der Waals surface area (Å²) in [7, 11) is 0. The number of ether oxygens (including phenoxy) is 1. The Labute approximate surface area is 193 Å². The number of hydrogen-bond donors (Lipinski definition) is 0. The van der Waals surface area contributed by atoms with Gasteiger partial charge in [0.25, 0.3) is 0 Å². The number of carbonyl (C=O) groups excluding carboxylic acids is 2. The Balaban J connectivity index is 1.45. The third-order valence-electron chi connectivity index (χ3n) is 7.12. The van der Waals surface area contributed by atoms with Crippen molar-refractivity contribution >= 4 is 11.8 Å². The second-order valence-corrected chi connectivity index (χ2v) is 9.41. The van der Waals surface area contributed by atoms with E-state index in [0.29, 0.717) is 31.6 Å². The number of nitrogens with zero attached hydrogens (tertiary/aromatic N) is 2. The first-order chi connectivity index (χ1) is 15.8. The zero-order valence-electron chi connectivity index (χ0n) is 18.6. The molecule has 1 aromatic rings. The zero-order valence-corrected chi connectivity index (χ0v) is 18.6. The third-order valence-corrected chi connectivity index (χ3v) is 7.12. The summed E-state index contributed by atoms with van der Waals surface area (Å²) in [5.41, 5.74) is -3.03. The van der Waals surface area contributed by atoms with Crippen LogP contribution < -0.4 is 0 Å². The summed E-state index contributed by atoms with van der Waals surface area (Å²) in [6.45, 7) is 2.96. The molecule has 0 bridgehead atoms. The predicted molar refractivity (Wildman–Crippen MR) is 108 cm³/mol. The molecule has 1 aromatic carbocycles. The van der Waals surface area contributed by atoms with Gasteiger partial charge in [-0.15, -0.1) is 0 Å². The second-order valence-electron chi connectivity index (χ2n) is 9.41. The molecule has 0 aliphatic carbocycles. The molecule has 188 valence electrons. The minimum Gasteiger partial charge on any atom is -0.371 e. The number of likely N-dealkylation sites (tertiary alicyclic amines) is 1. The van der Waals surface area contributed by atoms with Crippen LogP contribution in [-0.2, 0) is 33.3 Å². The van der Waals surface area contributed by atoms with Crippen molar-refractivity contribution in [3.63, 3.8) is 0 Å². The standard InChI is InChI=1S/C23H26F6N2O3/c1-13-18-8-15(21(33)30-4-2-3-5-30)9-20(32)31(18)11-19(13)34-12-14-6-16(22(24,25)26)10-17(7-14)23(27,28)29/h6-7,10,13,15,18-19H,2-5,8-9,11-12H2,1H3. The fourth-order valence-corrected chi connectivity index (χ4v) is 5.25. The fraction of sp³-hybridized carbons (Fsp3) is 0.652. The van der Waals surface area contributed by atoms with E-state index in [1.807, 2.05) is 6.92 Å². The van der Waals surface area contributed by atoms with Crippen LogP contribution in [0.15, 0.2) is 18.2 Å². The SMILES string of the molecule is CC1C(OCc2cc(C(F)(F)F)cc(C(F)(F)F)c2)CN2C(=O)CC(C(=O)N3CCCC3)CC12. The van der Waals surface area contributed by atoms with Crippen molar-refractivity contribution in [3.05, 3.63) is 34.9 Å². The van der Waals surface area contributed by atoms with Crippen molar-refractivity contribution in [2.75, 3.05) is 19.6 Å². The Bertz CT molecular complexity index is 909. The molecule has 3 heterocycles. The van der Waals surface area contributed by atoms with E-state index >= 15 is 0 Å². The molecule has 4 atom stereocenters. The highest BCUT2D eigenvalue weighted by atomic mass is 19.4. The van der Waals surface area contributed by atoms with Crippen LogP contribution in [-0.4, -0.2) is 53.4 Å². The van der Waals surface area contributed by atoms with Gasteiger partial charge in [-0.05, 0) is 43.0 Å². The summed E-state index contributed by atoms with van der Waals surface area (Å²) < 4.78 is 84.4. The van der Waals surface area contributed by atoms with Crippen molar-refractivity contribution in [1.82, 2.24) is 9.80 Å². The van der Waals surface area contributed by atoms with E-state index in [0.717, 1.165) is 12.8 Å². The molecule has 2 amide bonds. The van der Waals surface area contributed by atoms with Gasteiger partial charge < -0.3 is 14.5 Å². The number of piperidine rings is 1. The first-order valence-corrected chi connectivity index (χ1v) is 11.3. The van der Waals surface area contributed by atoms with Crippen LogP contribution in [0.25, 0.3) is 0 Å². The molecule has 34 heavy (non-hydrogen) atoms. The maximum absolute atomic E-state index is 13.1. The smallest absolute Gasteiger partial charge is 0.371 e.